The highest BCUT2D eigenvalue weighted by Gasteiger charge is 2.18. The van der Waals surface area contributed by atoms with E-state index >= 15 is 0 Å². The summed E-state index contributed by atoms with van der Waals surface area (Å²) in [5.74, 6) is 1.53. The van der Waals surface area contributed by atoms with E-state index < -0.39 is 0 Å². The second-order valence-electron chi connectivity index (χ2n) is 4.84. The molecule has 0 fully saturated rings. The molecule has 0 aliphatic rings. The van der Waals surface area contributed by atoms with Gasteiger partial charge in [-0.05, 0) is 57.0 Å². The summed E-state index contributed by atoms with van der Waals surface area (Å²) >= 11 is 8.41. The van der Waals surface area contributed by atoms with Gasteiger partial charge >= 0.3 is 0 Å². The Morgan fingerprint density at radius 2 is 1.71 bits per heavy atom. The van der Waals surface area contributed by atoms with Crippen molar-refractivity contribution in [3.8, 4) is 11.5 Å². The SMILES string of the molecule is CCOc1ccc(C(Cl)c2sc(C)cc2C)cc1OCC. The van der Waals surface area contributed by atoms with Gasteiger partial charge < -0.3 is 9.47 Å². The Hall–Kier alpha value is -1.19. The van der Waals surface area contributed by atoms with Crippen molar-refractivity contribution in [3.63, 3.8) is 0 Å². The van der Waals surface area contributed by atoms with E-state index in [-0.39, 0.29) is 5.38 Å². The van der Waals surface area contributed by atoms with Gasteiger partial charge in [-0.1, -0.05) is 6.07 Å². The fourth-order valence-corrected chi connectivity index (χ4v) is 3.77. The lowest BCUT2D eigenvalue weighted by Gasteiger charge is -2.15. The fourth-order valence-electron chi connectivity index (χ4n) is 2.29. The van der Waals surface area contributed by atoms with Crippen molar-refractivity contribution >= 4 is 22.9 Å². The van der Waals surface area contributed by atoms with E-state index in [1.54, 1.807) is 11.3 Å². The smallest absolute Gasteiger partial charge is 0.161 e. The first kappa shape index (κ1) is 16.2. The van der Waals surface area contributed by atoms with Crippen LogP contribution in [0, 0.1) is 13.8 Å². The van der Waals surface area contributed by atoms with E-state index in [0.717, 1.165) is 17.1 Å². The first-order valence-electron chi connectivity index (χ1n) is 7.17. The number of alkyl halides is 1. The molecule has 0 saturated heterocycles. The molecule has 0 bridgehead atoms. The van der Waals surface area contributed by atoms with Gasteiger partial charge in [0, 0.05) is 9.75 Å². The van der Waals surface area contributed by atoms with Crippen molar-refractivity contribution in [1.29, 1.82) is 0 Å². The summed E-state index contributed by atoms with van der Waals surface area (Å²) < 4.78 is 11.3. The fraction of sp³-hybridized carbons (Fsp3) is 0.412. The molecule has 21 heavy (non-hydrogen) atoms. The molecule has 0 radical (unpaired) electrons. The summed E-state index contributed by atoms with van der Waals surface area (Å²) in [7, 11) is 0. The molecule has 0 saturated carbocycles. The largest absolute Gasteiger partial charge is 0.490 e. The lowest BCUT2D eigenvalue weighted by Crippen LogP contribution is -2.00. The minimum Gasteiger partial charge on any atom is -0.490 e. The molecule has 0 aliphatic heterocycles. The molecule has 1 heterocycles. The van der Waals surface area contributed by atoms with Crippen LogP contribution in [0.1, 0.15) is 40.1 Å². The number of hydrogen-bond donors (Lipinski definition) is 0. The first-order chi connectivity index (χ1) is 10.1. The van der Waals surface area contributed by atoms with Gasteiger partial charge in [-0.25, -0.2) is 0 Å². The van der Waals surface area contributed by atoms with E-state index in [1.807, 2.05) is 32.0 Å². The van der Waals surface area contributed by atoms with Crippen LogP contribution in [-0.4, -0.2) is 13.2 Å². The van der Waals surface area contributed by atoms with Crippen LogP contribution in [-0.2, 0) is 0 Å². The number of thiophene rings is 1. The molecule has 2 rings (SSSR count). The molecule has 114 valence electrons. The van der Waals surface area contributed by atoms with Crippen LogP contribution in [0.25, 0.3) is 0 Å². The van der Waals surface area contributed by atoms with Crippen molar-refractivity contribution in [2.45, 2.75) is 33.1 Å². The van der Waals surface area contributed by atoms with Crippen LogP contribution >= 0.6 is 22.9 Å². The minimum absolute atomic E-state index is 0.154. The highest BCUT2D eigenvalue weighted by atomic mass is 35.5. The number of halogens is 1. The van der Waals surface area contributed by atoms with E-state index in [9.17, 15) is 0 Å². The van der Waals surface area contributed by atoms with Gasteiger partial charge in [-0.3, -0.25) is 0 Å². The summed E-state index contributed by atoms with van der Waals surface area (Å²) in [6, 6.07) is 8.11. The average molecular weight is 325 g/mol. The number of aryl methyl sites for hydroxylation is 2. The van der Waals surface area contributed by atoms with Crippen LogP contribution in [0.2, 0.25) is 0 Å². The van der Waals surface area contributed by atoms with E-state index in [0.29, 0.717) is 13.2 Å². The second-order valence-corrected chi connectivity index (χ2v) is 6.56. The van der Waals surface area contributed by atoms with E-state index in [2.05, 4.69) is 19.9 Å². The molecule has 1 aromatic carbocycles. The van der Waals surface area contributed by atoms with Crippen molar-refractivity contribution < 1.29 is 9.47 Å². The van der Waals surface area contributed by atoms with Gasteiger partial charge in [0.15, 0.2) is 11.5 Å². The Balaban J connectivity index is 2.35. The molecule has 2 aromatic rings. The number of ether oxygens (including phenoxy) is 2. The van der Waals surface area contributed by atoms with Gasteiger partial charge in [-0.2, -0.15) is 0 Å². The Kier molecular flexibility index (Phi) is 5.54. The third-order valence-electron chi connectivity index (χ3n) is 3.17. The summed E-state index contributed by atoms with van der Waals surface area (Å²) in [5, 5.41) is -0.154. The van der Waals surface area contributed by atoms with Crippen molar-refractivity contribution in [2.75, 3.05) is 13.2 Å². The highest BCUT2D eigenvalue weighted by molar-refractivity contribution is 7.12. The summed E-state index contributed by atoms with van der Waals surface area (Å²) in [6.07, 6.45) is 0. The quantitative estimate of drug-likeness (QED) is 0.654. The van der Waals surface area contributed by atoms with Crippen molar-refractivity contribution in [2.24, 2.45) is 0 Å². The summed E-state index contributed by atoms with van der Waals surface area (Å²) in [5.41, 5.74) is 2.28. The maximum atomic E-state index is 6.67. The molecule has 1 atom stereocenters. The van der Waals surface area contributed by atoms with Crippen LogP contribution in [0.15, 0.2) is 24.3 Å². The Morgan fingerprint density at radius 3 is 2.29 bits per heavy atom. The average Bonchev–Trinajstić information content (AvgIpc) is 2.79. The zero-order valence-corrected chi connectivity index (χ0v) is 14.5. The minimum atomic E-state index is -0.154. The lowest BCUT2D eigenvalue weighted by atomic mass is 10.1. The predicted octanol–water partition coefficient (Wildman–Crippen LogP) is 5.49. The van der Waals surface area contributed by atoms with Crippen LogP contribution in [0.4, 0.5) is 0 Å². The Bertz CT molecular complexity index is 607. The zero-order chi connectivity index (χ0) is 15.4. The van der Waals surface area contributed by atoms with Gasteiger partial charge in [0.25, 0.3) is 0 Å². The normalized spacial score (nSPS) is 12.2. The van der Waals surface area contributed by atoms with Crippen molar-refractivity contribution in [1.82, 2.24) is 0 Å². The van der Waals surface area contributed by atoms with Crippen LogP contribution in [0.5, 0.6) is 11.5 Å². The third kappa shape index (κ3) is 3.72. The lowest BCUT2D eigenvalue weighted by molar-refractivity contribution is 0.287. The molecule has 4 heteroatoms. The van der Waals surface area contributed by atoms with E-state index in [1.165, 1.54) is 15.3 Å². The molecule has 2 nitrogen and oxygen atoms in total. The molecular formula is C17H21ClO2S. The summed E-state index contributed by atoms with van der Waals surface area (Å²) in [4.78, 5) is 2.48. The Labute approximate surface area is 135 Å². The van der Waals surface area contributed by atoms with E-state index in [4.69, 9.17) is 21.1 Å². The van der Waals surface area contributed by atoms with Crippen molar-refractivity contribution in [3.05, 3.63) is 45.1 Å². The maximum Gasteiger partial charge on any atom is 0.161 e. The van der Waals surface area contributed by atoms with Crippen LogP contribution < -0.4 is 9.47 Å². The maximum absolute atomic E-state index is 6.67. The zero-order valence-electron chi connectivity index (χ0n) is 12.9. The second kappa shape index (κ2) is 7.19. The van der Waals surface area contributed by atoms with Gasteiger partial charge in [0.1, 0.15) is 0 Å². The van der Waals surface area contributed by atoms with Gasteiger partial charge in [0.2, 0.25) is 0 Å². The molecule has 0 N–H and O–H groups in total. The number of rotatable bonds is 6. The highest BCUT2D eigenvalue weighted by Crippen LogP contribution is 2.39. The van der Waals surface area contributed by atoms with Gasteiger partial charge in [-0.15, -0.1) is 22.9 Å². The molecule has 0 amide bonds. The molecular weight excluding hydrogens is 304 g/mol. The molecule has 1 unspecified atom stereocenters. The molecule has 0 spiro atoms. The number of benzene rings is 1. The predicted molar refractivity (Wildman–Crippen MR) is 90.3 cm³/mol. The standard InChI is InChI=1S/C17H21ClO2S/c1-5-19-14-8-7-13(10-15(14)20-6-2)16(18)17-11(3)9-12(4)21-17/h7-10,16H,5-6H2,1-4H3. The van der Waals surface area contributed by atoms with Crippen LogP contribution in [0.3, 0.4) is 0 Å². The van der Waals surface area contributed by atoms with Gasteiger partial charge in [0.05, 0.1) is 18.6 Å². The summed E-state index contributed by atoms with van der Waals surface area (Å²) in [6.45, 7) is 9.36. The monoisotopic (exact) mass is 324 g/mol. The molecule has 0 aliphatic carbocycles. The first-order valence-corrected chi connectivity index (χ1v) is 8.42. The number of hydrogen-bond acceptors (Lipinski definition) is 3. The molecule has 1 aromatic heterocycles. The third-order valence-corrected chi connectivity index (χ3v) is 4.99. The Morgan fingerprint density at radius 1 is 1.05 bits per heavy atom. The topological polar surface area (TPSA) is 18.5 Å².